The Kier molecular flexibility index (Phi) is 5.48. The smallest absolute Gasteiger partial charge is 0.273 e. The minimum absolute atomic E-state index is 0.0363. The predicted octanol–water partition coefficient (Wildman–Crippen LogP) is 4.19. The number of amides is 2. The normalized spacial score (nSPS) is 24.9. The van der Waals surface area contributed by atoms with Crippen LogP contribution in [-0.2, 0) is 16.1 Å². The van der Waals surface area contributed by atoms with Crippen molar-refractivity contribution in [3.05, 3.63) is 54.0 Å². The molecule has 2 atom stereocenters. The van der Waals surface area contributed by atoms with Crippen LogP contribution in [0.3, 0.4) is 0 Å². The molecule has 3 aliphatic rings. The van der Waals surface area contributed by atoms with Crippen LogP contribution in [0.4, 0.5) is 0 Å². The van der Waals surface area contributed by atoms with Crippen molar-refractivity contribution in [2.45, 2.75) is 76.6 Å². The summed E-state index contributed by atoms with van der Waals surface area (Å²) in [5.74, 6) is -0.161. The lowest BCUT2D eigenvalue weighted by Gasteiger charge is -2.45. The number of aromatic nitrogens is 2. The van der Waals surface area contributed by atoms with Gasteiger partial charge in [0.05, 0.1) is 23.9 Å². The summed E-state index contributed by atoms with van der Waals surface area (Å²) in [4.78, 5) is 30.1. The van der Waals surface area contributed by atoms with Gasteiger partial charge in [0.25, 0.3) is 5.91 Å². The number of carbonyl (C=O) groups is 2. The zero-order valence-corrected chi connectivity index (χ0v) is 20.6. The highest BCUT2D eigenvalue weighted by atomic mass is 16.5. The van der Waals surface area contributed by atoms with Gasteiger partial charge >= 0.3 is 0 Å². The number of aryl methyl sites for hydroxylation is 1. The molecule has 7 nitrogen and oxygen atoms in total. The molecule has 0 unspecified atom stereocenters. The van der Waals surface area contributed by atoms with Crippen LogP contribution in [0.25, 0.3) is 16.6 Å². The first-order valence-corrected chi connectivity index (χ1v) is 13.0. The van der Waals surface area contributed by atoms with Crippen LogP contribution in [0.1, 0.15) is 61.5 Å². The maximum atomic E-state index is 14.4. The molecule has 1 aromatic carbocycles. The Labute approximate surface area is 206 Å². The van der Waals surface area contributed by atoms with Crippen molar-refractivity contribution in [2.24, 2.45) is 0 Å². The summed E-state index contributed by atoms with van der Waals surface area (Å²) in [6.45, 7) is 5.56. The van der Waals surface area contributed by atoms with Gasteiger partial charge in [0, 0.05) is 37.0 Å². The number of nitrogens with zero attached hydrogens (tertiary/aromatic N) is 3. The fourth-order valence-electron chi connectivity index (χ4n) is 6.20. The van der Waals surface area contributed by atoms with Crippen LogP contribution >= 0.6 is 0 Å². The zero-order valence-electron chi connectivity index (χ0n) is 20.6. The fraction of sp³-hybridized carbons (Fsp3) is 0.500. The van der Waals surface area contributed by atoms with Crippen LogP contribution in [0.15, 0.2) is 42.7 Å². The first-order chi connectivity index (χ1) is 17.0. The van der Waals surface area contributed by atoms with E-state index in [9.17, 15) is 9.59 Å². The number of ether oxygens (including phenoxy) is 1. The highest BCUT2D eigenvalue weighted by molar-refractivity contribution is 6.09. The maximum absolute atomic E-state index is 14.4. The van der Waals surface area contributed by atoms with E-state index in [0.29, 0.717) is 25.4 Å². The number of benzene rings is 1. The largest absolute Gasteiger partial charge is 0.376 e. The second-order valence-corrected chi connectivity index (χ2v) is 10.7. The van der Waals surface area contributed by atoms with E-state index in [-0.39, 0.29) is 24.0 Å². The highest BCUT2D eigenvalue weighted by Gasteiger charge is 2.50. The Morgan fingerprint density at radius 3 is 2.63 bits per heavy atom. The van der Waals surface area contributed by atoms with Gasteiger partial charge in [-0.05, 0) is 63.8 Å². The topological polar surface area (TPSA) is 68.5 Å². The van der Waals surface area contributed by atoms with E-state index in [1.807, 2.05) is 36.0 Å². The average molecular weight is 475 g/mol. The van der Waals surface area contributed by atoms with Gasteiger partial charge in [-0.2, -0.15) is 0 Å². The maximum Gasteiger partial charge on any atom is 0.273 e. The van der Waals surface area contributed by atoms with Crippen molar-refractivity contribution in [2.75, 3.05) is 13.2 Å². The molecule has 1 aliphatic carbocycles. The van der Waals surface area contributed by atoms with Crippen molar-refractivity contribution in [1.29, 1.82) is 0 Å². The van der Waals surface area contributed by atoms with E-state index in [2.05, 4.69) is 35.0 Å². The summed E-state index contributed by atoms with van der Waals surface area (Å²) >= 11 is 0. The number of carbonyl (C=O) groups excluding carboxylic acids is 2. The lowest BCUT2D eigenvalue weighted by Crippen LogP contribution is -2.66. The molecule has 4 heterocycles. The van der Waals surface area contributed by atoms with E-state index in [4.69, 9.17) is 4.74 Å². The Bertz CT molecular complexity index is 1270. The quantitative estimate of drug-likeness (QED) is 0.603. The van der Waals surface area contributed by atoms with Gasteiger partial charge in [0.2, 0.25) is 5.91 Å². The van der Waals surface area contributed by atoms with Crippen molar-refractivity contribution in [3.8, 4) is 5.69 Å². The minimum Gasteiger partial charge on any atom is -0.376 e. The third-order valence-electron chi connectivity index (χ3n) is 8.15. The average Bonchev–Trinajstić information content (AvgIpc) is 3.64. The van der Waals surface area contributed by atoms with Gasteiger partial charge < -0.3 is 24.1 Å². The number of nitrogens with one attached hydrogen (secondary N) is 1. The number of hydrogen-bond donors (Lipinski definition) is 1. The molecule has 0 spiro atoms. The molecule has 35 heavy (non-hydrogen) atoms. The van der Waals surface area contributed by atoms with Crippen molar-refractivity contribution in [1.82, 2.24) is 19.4 Å². The van der Waals surface area contributed by atoms with Gasteiger partial charge in [-0.25, -0.2) is 0 Å². The molecule has 2 aromatic heterocycles. The van der Waals surface area contributed by atoms with Crippen LogP contribution in [-0.4, -0.2) is 56.7 Å². The molecule has 3 aromatic rings. The Morgan fingerprint density at radius 2 is 1.91 bits per heavy atom. The van der Waals surface area contributed by atoms with Gasteiger partial charge in [-0.3, -0.25) is 9.59 Å². The molecule has 7 heteroatoms. The standard InChI is InChI=1S/C28H34N4O3/c1-19-11-12-23-22(16-19)24(30-13-5-6-14-30)25-26(33)32(17-21-10-7-15-35-21)28(2,18-31(23)25)27(34)29-20-8-3-4-9-20/h5-6,11-14,16,20-21H,3-4,7-10,15,17-18H2,1-2H3,(H,29,34)/t21-,28-/m0/s1. The molecule has 1 saturated heterocycles. The SMILES string of the molecule is Cc1ccc2c(c1)c(-n1cccc1)c1n2C[C@@](C)(C(=O)NC2CCCC2)N(C[C@@H]2CCCO2)C1=O. The molecular weight excluding hydrogens is 440 g/mol. The zero-order chi connectivity index (χ0) is 24.2. The van der Waals surface area contributed by atoms with E-state index >= 15 is 0 Å². The van der Waals surface area contributed by atoms with E-state index in [1.54, 1.807) is 4.90 Å². The lowest BCUT2D eigenvalue weighted by molar-refractivity contribution is -0.134. The van der Waals surface area contributed by atoms with Gasteiger partial charge in [0.15, 0.2) is 0 Å². The Morgan fingerprint density at radius 1 is 1.14 bits per heavy atom. The first kappa shape index (κ1) is 22.4. The third kappa shape index (κ3) is 3.68. The number of rotatable bonds is 5. The monoisotopic (exact) mass is 474 g/mol. The Hall–Kier alpha value is -3.06. The first-order valence-electron chi connectivity index (χ1n) is 13.0. The summed E-state index contributed by atoms with van der Waals surface area (Å²) in [6.07, 6.45) is 10.1. The molecule has 1 N–H and O–H groups in total. The molecule has 0 bridgehead atoms. The van der Waals surface area contributed by atoms with Crippen LogP contribution in [0.5, 0.6) is 0 Å². The predicted molar refractivity (Wildman–Crippen MR) is 135 cm³/mol. The molecular formula is C28H34N4O3. The number of hydrogen-bond acceptors (Lipinski definition) is 3. The molecule has 2 amide bonds. The lowest BCUT2D eigenvalue weighted by atomic mass is 9.93. The van der Waals surface area contributed by atoms with Crippen LogP contribution in [0.2, 0.25) is 0 Å². The van der Waals surface area contributed by atoms with Gasteiger partial charge in [-0.1, -0.05) is 24.5 Å². The third-order valence-corrected chi connectivity index (χ3v) is 8.15. The summed E-state index contributed by atoms with van der Waals surface area (Å²) < 4.78 is 10.0. The molecule has 2 fully saturated rings. The summed E-state index contributed by atoms with van der Waals surface area (Å²) in [5, 5.41) is 4.32. The second kappa shape index (κ2) is 8.55. The second-order valence-electron chi connectivity index (χ2n) is 10.7. The van der Waals surface area contributed by atoms with Gasteiger partial charge in [0.1, 0.15) is 11.2 Å². The molecule has 184 valence electrons. The van der Waals surface area contributed by atoms with E-state index in [0.717, 1.165) is 60.7 Å². The van der Waals surface area contributed by atoms with Gasteiger partial charge in [-0.15, -0.1) is 0 Å². The van der Waals surface area contributed by atoms with Crippen molar-refractivity contribution < 1.29 is 14.3 Å². The van der Waals surface area contributed by atoms with Crippen molar-refractivity contribution in [3.63, 3.8) is 0 Å². The Balaban J connectivity index is 1.50. The molecule has 6 rings (SSSR count). The van der Waals surface area contributed by atoms with Crippen molar-refractivity contribution >= 4 is 22.7 Å². The number of fused-ring (bicyclic) bond motifs is 3. The molecule has 2 aliphatic heterocycles. The summed E-state index contributed by atoms with van der Waals surface area (Å²) in [6, 6.07) is 10.4. The molecule has 1 saturated carbocycles. The molecule has 0 radical (unpaired) electrons. The van der Waals surface area contributed by atoms with E-state index < -0.39 is 5.54 Å². The fourth-order valence-corrected chi connectivity index (χ4v) is 6.20. The van der Waals surface area contributed by atoms with Crippen LogP contribution < -0.4 is 5.32 Å². The summed E-state index contributed by atoms with van der Waals surface area (Å²) in [7, 11) is 0. The minimum atomic E-state index is -0.997. The van der Waals surface area contributed by atoms with Crippen LogP contribution in [0, 0.1) is 6.92 Å². The summed E-state index contributed by atoms with van der Waals surface area (Å²) in [5.41, 5.74) is 2.66. The highest BCUT2D eigenvalue weighted by Crippen LogP contribution is 2.39. The van der Waals surface area contributed by atoms with E-state index in [1.165, 1.54) is 0 Å².